The Hall–Kier alpha value is -2.02. The molecule has 1 aromatic heterocycles. The molecular formula is C17H16ClN3O2S. The lowest BCUT2D eigenvalue weighted by Gasteiger charge is -2.11. The molecule has 0 bridgehead atoms. The average molecular weight is 362 g/mol. The lowest BCUT2D eigenvalue weighted by atomic mass is 10.2. The average Bonchev–Trinajstić information content (AvgIpc) is 3.04. The van der Waals surface area contributed by atoms with E-state index in [9.17, 15) is 0 Å². The third-order valence-corrected chi connectivity index (χ3v) is 4.64. The van der Waals surface area contributed by atoms with Crippen molar-refractivity contribution in [2.45, 2.75) is 5.16 Å². The summed E-state index contributed by atoms with van der Waals surface area (Å²) in [6.45, 7) is 0.0710. The van der Waals surface area contributed by atoms with Gasteiger partial charge in [-0.1, -0.05) is 35.5 Å². The van der Waals surface area contributed by atoms with Crippen LogP contribution in [-0.4, -0.2) is 39.3 Å². The third-order valence-electron chi connectivity index (χ3n) is 3.40. The van der Waals surface area contributed by atoms with Crippen molar-refractivity contribution in [2.75, 3.05) is 19.5 Å². The molecule has 24 heavy (non-hydrogen) atoms. The van der Waals surface area contributed by atoms with Gasteiger partial charge in [-0.2, -0.15) is 0 Å². The van der Waals surface area contributed by atoms with Gasteiger partial charge in [0.2, 0.25) is 0 Å². The highest BCUT2D eigenvalue weighted by Crippen LogP contribution is 2.32. The van der Waals surface area contributed by atoms with Gasteiger partial charge >= 0.3 is 0 Å². The minimum absolute atomic E-state index is 0.0710. The highest BCUT2D eigenvalue weighted by Gasteiger charge is 2.17. The third kappa shape index (κ3) is 3.40. The van der Waals surface area contributed by atoms with Gasteiger partial charge in [0.25, 0.3) is 0 Å². The molecule has 124 valence electrons. The molecule has 5 nitrogen and oxygen atoms in total. The first-order valence-electron chi connectivity index (χ1n) is 7.33. The quantitative estimate of drug-likeness (QED) is 0.678. The van der Waals surface area contributed by atoms with Gasteiger partial charge < -0.3 is 9.84 Å². The van der Waals surface area contributed by atoms with E-state index in [2.05, 4.69) is 10.2 Å². The summed E-state index contributed by atoms with van der Waals surface area (Å²) in [4.78, 5) is 0. The number of thioether (sulfide) groups is 1. The lowest BCUT2D eigenvalue weighted by molar-refractivity contribution is 0.322. The van der Waals surface area contributed by atoms with E-state index in [1.807, 2.05) is 53.1 Å². The fourth-order valence-electron chi connectivity index (χ4n) is 2.28. The van der Waals surface area contributed by atoms with E-state index in [-0.39, 0.29) is 6.61 Å². The molecule has 0 atom stereocenters. The molecule has 0 aliphatic heterocycles. The fourth-order valence-corrected chi connectivity index (χ4v) is 3.20. The number of hydrogen-bond donors (Lipinski definition) is 1. The van der Waals surface area contributed by atoms with Crippen LogP contribution in [0.15, 0.2) is 53.7 Å². The van der Waals surface area contributed by atoms with Gasteiger partial charge in [0.15, 0.2) is 11.0 Å². The van der Waals surface area contributed by atoms with Crippen LogP contribution in [-0.2, 0) is 0 Å². The highest BCUT2D eigenvalue weighted by atomic mass is 35.5. The molecule has 0 aliphatic carbocycles. The fraction of sp³-hybridized carbons (Fsp3) is 0.176. The molecule has 0 unspecified atom stereocenters. The second-order valence-electron chi connectivity index (χ2n) is 4.89. The summed E-state index contributed by atoms with van der Waals surface area (Å²) in [6.07, 6.45) is 0. The van der Waals surface area contributed by atoms with Crippen molar-refractivity contribution in [3.05, 3.63) is 53.6 Å². The molecule has 0 radical (unpaired) electrons. The van der Waals surface area contributed by atoms with E-state index < -0.39 is 0 Å². The Balaban J connectivity index is 2.12. The molecular weight excluding hydrogens is 346 g/mol. The number of halogens is 1. The normalized spacial score (nSPS) is 10.8. The molecule has 1 heterocycles. The van der Waals surface area contributed by atoms with Crippen molar-refractivity contribution < 1.29 is 9.84 Å². The molecule has 1 N–H and O–H groups in total. The Bertz CT molecular complexity index is 821. The van der Waals surface area contributed by atoms with E-state index in [4.69, 9.17) is 21.4 Å². The Kier molecular flexibility index (Phi) is 5.40. The Labute approximate surface area is 149 Å². The lowest BCUT2D eigenvalue weighted by Crippen LogP contribution is -2.01. The number of ether oxygens (including phenoxy) is 1. The van der Waals surface area contributed by atoms with Crippen LogP contribution in [0.2, 0.25) is 5.02 Å². The van der Waals surface area contributed by atoms with E-state index in [0.717, 1.165) is 17.0 Å². The summed E-state index contributed by atoms with van der Waals surface area (Å²) in [7, 11) is 1.63. The molecule has 0 saturated carbocycles. The molecule has 3 rings (SSSR count). The molecule has 0 saturated heterocycles. The predicted molar refractivity (Wildman–Crippen MR) is 96.2 cm³/mol. The minimum Gasteiger partial charge on any atom is -0.497 e. The van der Waals surface area contributed by atoms with Crippen molar-refractivity contribution >= 4 is 23.4 Å². The maximum absolute atomic E-state index is 9.11. The summed E-state index contributed by atoms with van der Waals surface area (Å²) >= 11 is 7.77. The molecule has 0 fully saturated rings. The zero-order valence-electron chi connectivity index (χ0n) is 13.0. The van der Waals surface area contributed by atoms with Crippen molar-refractivity contribution in [3.63, 3.8) is 0 Å². The summed E-state index contributed by atoms with van der Waals surface area (Å²) in [5.41, 5.74) is 1.70. The van der Waals surface area contributed by atoms with Crippen LogP contribution in [0.1, 0.15) is 0 Å². The van der Waals surface area contributed by atoms with E-state index in [1.165, 1.54) is 11.8 Å². The molecule has 3 aromatic rings. The zero-order valence-corrected chi connectivity index (χ0v) is 14.6. The largest absolute Gasteiger partial charge is 0.497 e. The summed E-state index contributed by atoms with van der Waals surface area (Å²) < 4.78 is 7.15. The van der Waals surface area contributed by atoms with E-state index in [0.29, 0.717) is 21.8 Å². The van der Waals surface area contributed by atoms with Gasteiger partial charge in [0.05, 0.1) is 18.7 Å². The number of aromatic nitrogens is 3. The van der Waals surface area contributed by atoms with Gasteiger partial charge in [-0.25, -0.2) is 0 Å². The molecule has 0 aliphatic rings. The van der Waals surface area contributed by atoms with Gasteiger partial charge in [-0.3, -0.25) is 4.57 Å². The van der Waals surface area contributed by atoms with Crippen LogP contribution in [0.5, 0.6) is 5.75 Å². The summed E-state index contributed by atoms with van der Waals surface area (Å²) in [5.74, 6) is 1.97. The standard InChI is InChI=1S/C17H16ClN3O2S/c1-23-13-8-6-12(7-9-13)21-16(14-4-2-3-5-15(14)18)19-20-17(21)24-11-10-22/h2-9,22H,10-11H2,1H3. The monoisotopic (exact) mass is 361 g/mol. The molecule has 0 amide bonds. The van der Waals surface area contributed by atoms with E-state index >= 15 is 0 Å². The van der Waals surface area contributed by atoms with E-state index in [1.54, 1.807) is 7.11 Å². The highest BCUT2D eigenvalue weighted by molar-refractivity contribution is 7.99. The maximum Gasteiger partial charge on any atom is 0.196 e. The Morgan fingerprint density at radius 3 is 2.54 bits per heavy atom. The van der Waals surface area contributed by atoms with Crippen LogP contribution in [0.3, 0.4) is 0 Å². The number of rotatable bonds is 6. The van der Waals surface area contributed by atoms with Crippen LogP contribution in [0.25, 0.3) is 17.1 Å². The number of benzene rings is 2. The second kappa shape index (κ2) is 7.70. The SMILES string of the molecule is COc1ccc(-n2c(SCCO)nnc2-c2ccccc2Cl)cc1. The van der Waals surface area contributed by atoms with Crippen LogP contribution in [0.4, 0.5) is 0 Å². The number of nitrogens with zero attached hydrogens (tertiary/aromatic N) is 3. The summed E-state index contributed by atoms with van der Waals surface area (Å²) in [6, 6.07) is 15.2. The summed E-state index contributed by atoms with van der Waals surface area (Å²) in [5, 5.41) is 19.0. The van der Waals surface area contributed by atoms with Gasteiger partial charge in [-0.15, -0.1) is 10.2 Å². The van der Waals surface area contributed by atoms with Gasteiger partial charge in [0, 0.05) is 17.0 Å². The van der Waals surface area contributed by atoms with Crippen molar-refractivity contribution in [1.82, 2.24) is 14.8 Å². The number of aliphatic hydroxyl groups is 1. The number of methoxy groups -OCH3 is 1. The smallest absolute Gasteiger partial charge is 0.196 e. The van der Waals surface area contributed by atoms with Crippen LogP contribution >= 0.6 is 23.4 Å². The van der Waals surface area contributed by atoms with Crippen LogP contribution < -0.4 is 4.74 Å². The minimum atomic E-state index is 0.0710. The zero-order chi connectivity index (χ0) is 16.9. The topological polar surface area (TPSA) is 60.2 Å². The molecule has 7 heteroatoms. The molecule has 0 spiro atoms. The predicted octanol–water partition coefficient (Wildman–Crippen LogP) is 3.68. The van der Waals surface area contributed by atoms with Gasteiger partial charge in [-0.05, 0) is 36.4 Å². The number of aliphatic hydroxyl groups excluding tert-OH is 1. The van der Waals surface area contributed by atoms with Crippen molar-refractivity contribution in [3.8, 4) is 22.8 Å². The van der Waals surface area contributed by atoms with Gasteiger partial charge in [0.1, 0.15) is 5.75 Å². The maximum atomic E-state index is 9.11. The first kappa shape index (κ1) is 16.8. The second-order valence-corrected chi connectivity index (χ2v) is 6.36. The van der Waals surface area contributed by atoms with Crippen molar-refractivity contribution in [1.29, 1.82) is 0 Å². The Morgan fingerprint density at radius 2 is 1.88 bits per heavy atom. The Morgan fingerprint density at radius 1 is 1.12 bits per heavy atom. The first-order valence-corrected chi connectivity index (χ1v) is 8.69. The van der Waals surface area contributed by atoms with Crippen molar-refractivity contribution in [2.24, 2.45) is 0 Å². The molecule has 2 aromatic carbocycles. The number of hydrogen-bond acceptors (Lipinski definition) is 5. The first-order chi connectivity index (χ1) is 11.7. The van der Waals surface area contributed by atoms with Crippen LogP contribution in [0, 0.1) is 0 Å².